The third-order valence-corrected chi connectivity index (χ3v) is 5.74. The van der Waals surface area contributed by atoms with Crippen LogP contribution in [-0.4, -0.2) is 4.98 Å². The van der Waals surface area contributed by atoms with Crippen molar-refractivity contribution in [1.82, 2.24) is 4.98 Å². The summed E-state index contributed by atoms with van der Waals surface area (Å²) in [4.78, 5) is 4.59. The molecule has 23 heavy (non-hydrogen) atoms. The maximum atomic E-state index is 6.08. The van der Waals surface area contributed by atoms with Crippen molar-refractivity contribution >= 4 is 43.0 Å². The molecule has 0 aliphatic carbocycles. The number of rotatable bonds is 2. The van der Waals surface area contributed by atoms with Crippen molar-refractivity contribution in [2.75, 3.05) is 5.73 Å². The fraction of sp³-hybridized carbons (Fsp3) is 0. The van der Waals surface area contributed by atoms with E-state index >= 15 is 0 Å². The SMILES string of the molecule is Nc1cnc(-c2cccc(-c3ccccc3)c2)c2scc(Br)c12. The summed E-state index contributed by atoms with van der Waals surface area (Å²) >= 11 is 5.24. The minimum absolute atomic E-state index is 0.705. The van der Waals surface area contributed by atoms with Gasteiger partial charge in [0.05, 0.1) is 22.3 Å². The van der Waals surface area contributed by atoms with Gasteiger partial charge in [0.2, 0.25) is 0 Å². The predicted molar refractivity (Wildman–Crippen MR) is 103 cm³/mol. The van der Waals surface area contributed by atoms with Crippen LogP contribution in [0.15, 0.2) is 70.6 Å². The molecule has 2 nitrogen and oxygen atoms in total. The number of nitrogens with zero attached hydrogens (tertiary/aromatic N) is 1. The molecule has 2 heterocycles. The van der Waals surface area contributed by atoms with Gasteiger partial charge in [-0.25, -0.2) is 0 Å². The highest BCUT2D eigenvalue weighted by Gasteiger charge is 2.13. The molecule has 112 valence electrons. The average Bonchev–Trinajstić information content (AvgIpc) is 2.99. The third-order valence-electron chi connectivity index (χ3n) is 3.83. The van der Waals surface area contributed by atoms with Crippen LogP contribution in [0.25, 0.3) is 32.5 Å². The highest BCUT2D eigenvalue weighted by Crippen LogP contribution is 2.39. The van der Waals surface area contributed by atoms with Crippen LogP contribution in [0.4, 0.5) is 5.69 Å². The van der Waals surface area contributed by atoms with Crippen molar-refractivity contribution in [2.45, 2.75) is 0 Å². The molecule has 0 aliphatic rings. The molecule has 0 radical (unpaired) electrons. The number of pyridine rings is 1. The lowest BCUT2D eigenvalue weighted by atomic mass is 10.0. The number of nitrogens with two attached hydrogens (primary N) is 1. The summed E-state index contributed by atoms with van der Waals surface area (Å²) < 4.78 is 2.14. The van der Waals surface area contributed by atoms with E-state index in [-0.39, 0.29) is 0 Å². The van der Waals surface area contributed by atoms with Crippen molar-refractivity contribution in [2.24, 2.45) is 0 Å². The van der Waals surface area contributed by atoms with Gasteiger partial charge in [-0.05, 0) is 33.1 Å². The summed E-state index contributed by atoms with van der Waals surface area (Å²) in [6, 6.07) is 18.8. The first-order valence-corrected chi connectivity index (χ1v) is 8.88. The van der Waals surface area contributed by atoms with Crippen molar-refractivity contribution in [3.8, 4) is 22.4 Å². The molecule has 0 fully saturated rings. The van der Waals surface area contributed by atoms with Crippen LogP contribution in [0.1, 0.15) is 0 Å². The average molecular weight is 381 g/mol. The minimum atomic E-state index is 0.705. The summed E-state index contributed by atoms with van der Waals surface area (Å²) in [5.41, 5.74) is 11.3. The Hall–Kier alpha value is -2.17. The van der Waals surface area contributed by atoms with Gasteiger partial charge in [-0.1, -0.05) is 48.5 Å². The van der Waals surface area contributed by atoms with Crippen molar-refractivity contribution in [3.05, 3.63) is 70.6 Å². The van der Waals surface area contributed by atoms with Gasteiger partial charge in [-0.2, -0.15) is 0 Å². The fourth-order valence-corrected chi connectivity index (χ4v) is 4.53. The molecule has 0 amide bonds. The maximum absolute atomic E-state index is 6.08. The lowest BCUT2D eigenvalue weighted by Gasteiger charge is -2.07. The Balaban J connectivity index is 1.91. The molecule has 2 aromatic carbocycles. The molecule has 2 aromatic heterocycles. The zero-order chi connectivity index (χ0) is 15.8. The summed E-state index contributed by atoms with van der Waals surface area (Å²) in [6.07, 6.45) is 1.74. The fourth-order valence-electron chi connectivity index (χ4n) is 2.72. The first-order valence-electron chi connectivity index (χ1n) is 7.21. The lowest BCUT2D eigenvalue weighted by Crippen LogP contribution is -1.91. The summed E-state index contributed by atoms with van der Waals surface area (Å²) in [5.74, 6) is 0. The zero-order valence-corrected chi connectivity index (χ0v) is 14.6. The van der Waals surface area contributed by atoms with E-state index in [2.05, 4.69) is 74.8 Å². The number of anilines is 1. The van der Waals surface area contributed by atoms with Crippen molar-refractivity contribution in [3.63, 3.8) is 0 Å². The Kier molecular flexibility index (Phi) is 3.63. The number of nitrogen functional groups attached to an aromatic ring is 1. The van der Waals surface area contributed by atoms with E-state index in [0.29, 0.717) is 5.69 Å². The van der Waals surface area contributed by atoms with Gasteiger partial charge in [0.1, 0.15) is 0 Å². The molecule has 0 atom stereocenters. The maximum Gasteiger partial charge on any atom is 0.0882 e. The normalized spacial score (nSPS) is 11.0. The van der Waals surface area contributed by atoms with Crippen LogP contribution in [0.5, 0.6) is 0 Å². The predicted octanol–water partition coefficient (Wildman–Crippen LogP) is 5.98. The van der Waals surface area contributed by atoms with Crippen LogP contribution in [0.2, 0.25) is 0 Å². The van der Waals surface area contributed by atoms with Gasteiger partial charge in [0.15, 0.2) is 0 Å². The van der Waals surface area contributed by atoms with Crippen LogP contribution < -0.4 is 5.73 Å². The van der Waals surface area contributed by atoms with E-state index in [0.717, 1.165) is 25.8 Å². The topological polar surface area (TPSA) is 38.9 Å². The number of hydrogen-bond donors (Lipinski definition) is 1. The molecular formula is C19H13BrN2S. The van der Waals surface area contributed by atoms with Crippen LogP contribution >= 0.6 is 27.3 Å². The van der Waals surface area contributed by atoms with E-state index in [1.807, 2.05) is 6.07 Å². The van der Waals surface area contributed by atoms with E-state index in [9.17, 15) is 0 Å². The second-order valence-electron chi connectivity index (χ2n) is 5.30. The standard InChI is InChI=1S/C19H13BrN2S/c20-15-11-23-19-17(15)16(21)10-22-18(19)14-8-4-7-13(9-14)12-5-2-1-3-6-12/h1-11H,21H2. The second kappa shape index (κ2) is 5.80. The molecule has 0 unspecified atom stereocenters. The molecule has 0 aliphatic heterocycles. The Morgan fingerprint density at radius 2 is 1.65 bits per heavy atom. The van der Waals surface area contributed by atoms with E-state index < -0.39 is 0 Å². The Morgan fingerprint density at radius 3 is 2.48 bits per heavy atom. The largest absolute Gasteiger partial charge is 0.397 e. The van der Waals surface area contributed by atoms with E-state index in [4.69, 9.17) is 5.73 Å². The number of hydrogen-bond acceptors (Lipinski definition) is 3. The first-order chi connectivity index (χ1) is 11.2. The molecule has 0 bridgehead atoms. The molecule has 4 rings (SSSR count). The number of halogens is 1. The highest BCUT2D eigenvalue weighted by molar-refractivity contribution is 9.10. The smallest absolute Gasteiger partial charge is 0.0882 e. The first kappa shape index (κ1) is 14.4. The lowest BCUT2D eigenvalue weighted by molar-refractivity contribution is 1.37. The molecule has 0 spiro atoms. The quantitative estimate of drug-likeness (QED) is 0.464. The van der Waals surface area contributed by atoms with Gasteiger partial charge in [0, 0.05) is 20.8 Å². The monoisotopic (exact) mass is 380 g/mol. The summed E-state index contributed by atoms with van der Waals surface area (Å²) in [6.45, 7) is 0. The summed E-state index contributed by atoms with van der Waals surface area (Å²) in [5, 5.41) is 3.11. The number of thiophene rings is 1. The van der Waals surface area contributed by atoms with Crippen molar-refractivity contribution < 1.29 is 0 Å². The zero-order valence-electron chi connectivity index (χ0n) is 12.2. The summed E-state index contributed by atoms with van der Waals surface area (Å²) in [7, 11) is 0. The molecular weight excluding hydrogens is 368 g/mol. The van der Waals surface area contributed by atoms with Gasteiger partial charge >= 0.3 is 0 Å². The van der Waals surface area contributed by atoms with Gasteiger partial charge in [0.25, 0.3) is 0 Å². The number of fused-ring (bicyclic) bond motifs is 1. The van der Waals surface area contributed by atoms with Crippen LogP contribution in [0, 0.1) is 0 Å². The Bertz CT molecular complexity index is 993. The second-order valence-corrected chi connectivity index (χ2v) is 7.03. The Labute approximate surface area is 146 Å². The van der Waals surface area contributed by atoms with E-state index in [1.54, 1.807) is 17.5 Å². The van der Waals surface area contributed by atoms with Gasteiger partial charge in [-0.15, -0.1) is 11.3 Å². The van der Waals surface area contributed by atoms with Gasteiger partial charge < -0.3 is 5.73 Å². The van der Waals surface area contributed by atoms with Crippen molar-refractivity contribution in [1.29, 1.82) is 0 Å². The van der Waals surface area contributed by atoms with Gasteiger partial charge in [-0.3, -0.25) is 4.98 Å². The third kappa shape index (κ3) is 2.54. The molecule has 2 N–H and O–H groups in total. The van der Waals surface area contributed by atoms with Crippen LogP contribution in [0.3, 0.4) is 0 Å². The highest BCUT2D eigenvalue weighted by atomic mass is 79.9. The molecule has 0 saturated heterocycles. The van der Waals surface area contributed by atoms with Crippen LogP contribution in [-0.2, 0) is 0 Å². The Morgan fingerprint density at radius 1 is 0.913 bits per heavy atom. The number of aromatic nitrogens is 1. The molecule has 4 aromatic rings. The number of benzene rings is 2. The van der Waals surface area contributed by atoms with E-state index in [1.165, 1.54) is 11.1 Å². The molecule has 0 saturated carbocycles. The molecule has 4 heteroatoms. The minimum Gasteiger partial charge on any atom is -0.397 e.